The molecule has 5 rings (SSSR count). The van der Waals surface area contributed by atoms with E-state index in [4.69, 9.17) is 9.72 Å². The number of imidazole rings is 1. The molecular formula is C27H35N5O4. The number of hydrogen-bond donors (Lipinski definition) is 1. The van der Waals surface area contributed by atoms with Crippen LogP contribution in [0, 0.1) is 12.8 Å². The van der Waals surface area contributed by atoms with Gasteiger partial charge in [0.05, 0.1) is 42.0 Å². The minimum atomic E-state index is -0.697. The highest BCUT2D eigenvalue weighted by molar-refractivity contribution is 5.95. The first-order valence-electron chi connectivity index (χ1n) is 12.9. The van der Waals surface area contributed by atoms with Gasteiger partial charge in [-0.05, 0) is 70.6 Å². The monoisotopic (exact) mass is 493 g/mol. The van der Waals surface area contributed by atoms with Crippen molar-refractivity contribution in [2.45, 2.75) is 83.8 Å². The van der Waals surface area contributed by atoms with E-state index in [2.05, 4.69) is 22.7 Å². The fourth-order valence-electron chi connectivity index (χ4n) is 6.03. The summed E-state index contributed by atoms with van der Waals surface area (Å²) in [5, 5.41) is 14.1. The van der Waals surface area contributed by atoms with E-state index in [9.17, 15) is 14.7 Å². The molecule has 2 aliphatic rings. The molecule has 2 atom stereocenters. The molecule has 1 amide bonds. The highest BCUT2D eigenvalue weighted by Gasteiger charge is 2.34. The SMILES string of the molecule is COC(=O)N1c2ccc3c(nc(C(C)Cn4ccc(C)n4)n3C3CCC(C(=O)O)CC3)c2CC[C@@H]1C. The third-order valence-electron chi connectivity index (χ3n) is 7.94. The van der Waals surface area contributed by atoms with Gasteiger partial charge in [0.1, 0.15) is 5.82 Å². The Kier molecular flexibility index (Phi) is 6.49. The van der Waals surface area contributed by atoms with Gasteiger partial charge in [0, 0.05) is 29.8 Å². The number of methoxy groups -OCH3 is 1. The Morgan fingerprint density at radius 3 is 2.56 bits per heavy atom. The minimum Gasteiger partial charge on any atom is -0.481 e. The Morgan fingerprint density at radius 2 is 1.92 bits per heavy atom. The molecule has 0 saturated heterocycles. The Morgan fingerprint density at radius 1 is 1.17 bits per heavy atom. The summed E-state index contributed by atoms with van der Waals surface area (Å²) < 4.78 is 9.41. The second-order valence-electron chi connectivity index (χ2n) is 10.4. The zero-order valence-corrected chi connectivity index (χ0v) is 21.5. The van der Waals surface area contributed by atoms with E-state index in [0.29, 0.717) is 19.4 Å². The van der Waals surface area contributed by atoms with Crippen LogP contribution in [-0.4, -0.2) is 49.7 Å². The van der Waals surface area contributed by atoms with Crippen LogP contribution in [0.3, 0.4) is 0 Å². The number of carbonyl (C=O) groups is 2. The first kappa shape index (κ1) is 24.3. The van der Waals surface area contributed by atoms with Gasteiger partial charge in [-0.25, -0.2) is 9.78 Å². The molecule has 1 saturated carbocycles. The van der Waals surface area contributed by atoms with Crippen LogP contribution < -0.4 is 4.90 Å². The second kappa shape index (κ2) is 9.59. The highest BCUT2D eigenvalue weighted by atomic mass is 16.5. The lowest BCUT2D eigenvalue weighted by atomic mass is 9.85. The number of aliphatic carboxylic acids is 1. The fourth-order valence-corrected chi connectivity index (χ4v) is 6.03. The Balaban J connectivity index is 1.60. The van der Waals surface area contributed by atoms with Crippen LogP contribution in [0.1, 0.15) is 75.0 Å². The third-order valence-corrected chi connectivity index (χ3v) is 7.94. The van der Waals surface area contributed by atoms with Crippen molar-refractivity contribution in [2.75, 3.05) is 12.0 Å². The maximum atomic E-state index is 12.6. The lowest BCUT2D eigenvalue weighted by Crippen LogP contribution is -2.42. The molecule has 9 heteroatoms. The summed E-state index contributed by atoms with van der Waals surface area (Å²) in [6, 6.07) is 6.35. The summed E-state index contributed by atoms with van der Waals surface area (Å²) in [4.78, 5) is 31.2. The highest BCUT2D eigenvalue weighted by Crippen LogP contribution is 2.41. The molecule has 1 unspecified atom stereocenters. The minimum absolute atomic E-state index is 0.0530. The number of carboxylic acid groups (broad SMARTS) is 1. The van der Waals surface area contributed by atoms with Crippen molar-refractivity contribution >= 4 is 28.8 Å². The number of carbonyl (C=O) groups excluding carboxylic acids is 1. The average molecular weight is 494 g/mol. The maximum absolute atomic E-state index is 12.6. The van der Waals surface area contributed by atoms with Crippen molar-refractivity contribution in [3.05, 3.63) is 41.5 Å². The van der Waals surface area contributed by atoms with Crippen molar-refractivity contribution in [1.82, 2.24) is 19.3 Å². The van der Waals surface area contributed by atoms with Crippen molar-refractivity contribution in [3.8, 4) is 0 Å². The van der Waals surface area contributed by atoms with Gasteiger partial charge in [-0.1, -0.05) is 6.92 Å². The van der Waals surface area contributed by atoms with Crippen molar-refractivity contribution in [1.29, 1.82) is 0 Å². The predicted molar refractivity (Wildman–Crippen MR) is 136 cm³/mol. The number of benzene rings is 1. The van der Waals surface area contributed by atoms with Crippen molar-refractivity contribution in [3.63, 3.8) is 0 Å². The molecular weight excluding hydrogens is 458 g/mol. The zero-order valence-electron chi connectivity index (χ0n) is 21.5. The second-order valence-corrected chi connectivity index (χ2v) is 10.4. The van der Waals surface area contributed by atoms with Crippen LogP contribution in [0.25, 0.3) is 11.0 Å². The van der Waals surface area contributed by atoms with Gasteiger partial charge in [0.25, 0.3) is 0 Å². The van der Waals surface area contributed by atoms with Crippen molar-refractivity contribution < 1.29 is 19.4 Å². The lowest BCUT2D eigenvalue weighted by molar-refractivity contribution is -0.143. The average Bonchev–Trinajstić information content (AvgIpc) is 3.46. The smallest absolute Gasteiger partial charge is 0.414 e. The number of hydrogen-bond acceptors (Lipinski definition) is 5. The Hall–Kier alpha value is -3.36. The number of nitrogens with zero attached hydrogens (tertiary/aromatic N) is 5. The number of aryl methyl sites for hydroxylation is 2. The van der Waals surface area contributed by atoms with Crippen LogP contribution in [0.15, 0.2) is 24.4 Å². The topological polar surface area (TPSA) is 102 Å². The number of anilines is 1. The molecule has 0 radical (unpaired) electrons. The third kappa shape index (κ3) is 4.24. The van der Waals surface area contributed by atoms with E-state index >= 15 is 0 Å². The number of carboxylic acids is 1. The predicted octanol–water partition coefficient (Wildman–Crippen LogP) is 5.07. The van der Waals surface area contributed by atoms with Gasteiger partial charge in [0.2, 0.25) is 0 Å². The van der Waals surface area contributed by atoms with Crippen LogP contribution in [0.5, 0.6) is 0 Å². The van der Waals surface area contributed by atoms with Gasteiger partial charge < -0.3 is 14.4 Å². The summed E-state index contributed by atoms with van der Waals surface area (Å²) in [5.74, 6) is 0.127. The largest absolute Gasteiger partial charge is 0.481 e. The molecule has 36 heavy (non-hydrogen) atoms. The molecule has 3 aromatic rings. The van der Waals surface area contributed by atoms with E-state index in [-0.39, 0.29) is 30.0 Å². The molecule has 1 aliphatic carbocycles. The number of rotatable bonds is 5. The molecule has 3 heterocycles. The first-order chi connectivity index (χ1) is 17.3. The van der Waals surface area contributed by atoms with Crippen LogP contribution in [-0.2, 0) is 22.5 Å². The maximum Gasteiger partial charge on any atom is 0.414 e. The molecule has 0 spiro atoms. The molecule has 0 bridgehead atoms. The molecule has 1 aliphatic heterocycles. The van der Waals surface area contributed by atoms with E-state index in [1.54, 1.807) is 4.90 Å². The number of aromatic nitrogens is 4. The van der Waals surface area contributed by atoms with E-state index < -0.39 is 5.97 Å². The molecule has 2 aromatic heterocycles. The van der Waals surface area contributed by atoms with E-state index in [0.717, 1.165) is 59.5 Å². The van der Waals surface area contributed by atoms with Crippen LogP contribution >= 0.6 is 0 Å². The zero-order chi connectivity index (χ0) is 25.6. The Labute approximate surface area is 211 Å². The summed E-state index contributed by atoms with van der Waals surface area (Å²) in [6.07, 6.45) is 6.29. The molecule has 1 N–H and O–H groups in total. The van der Waals surface area contributed by atoms with Gasteiger partial charge >= 0.3 is 12.1 Å². The summed E-state index contributed by atoms with van der Waals surface area (Å²) in [6.45, 7) is 6.91. The molecule has 9 nitrogen and oxygen atoms in total. The van der Waals surface area contributed by atoms with Gasteiger partial charge in [-0.3, -0.25) is 14.4 Å². The van der Waals surface area contributed by atoms with Crippen LogP contribution in [0.2, 0.25) is 0 Å². The molecule has 1 fully saturated rings. The fraction of sp³-hybridized carbons (Fsp3) is 0.556. The molecule has 192 valence electrons. The van der Waals surface area contributed by atoms with Gasteiger partial charge in [-0.2, -0.15) is 5.10 Å². The quantitative estimate of drug-likeness (QED) is 0.532. The summed E-state index contributed by atoms with van der Waals surface area (Å²) in [5.41, 5.74) is 4.93. The first-order valence-corrected chi connectivity index (χ1v) is 12.9. The standard InChI is InChI=1S/C27H35N5O4/c1-16(15-30-14-13-17(2)29-30)25-28-24-21-10-5-18(3)31(27(35)36-4)22(21)11-12-23(24)32(25)20-8-6-19(7-9-20)26(33)34/h11-14,16,18-20H,5-10,15H2,1-4H3,(H,33,34)/t16?,18-,19?,20?/m0/s1. The lowest BCUT2D eigenvalue weighted by Gasteiger charge is -2.34. The van der Waals surface area contributed by atoms with E-state index in [1.807, 2.05) is 36.9 Å². The number of amides is 1. The molecule has 1 aromatic carbocycles. The summed E-state index contributed by atoms with van der Waals surface area (Å²) >= 11 is 0. The number of ether oxygens (including phenoxy) is 1. The van der Waals surface area contributed by atoms with Gasteiger partial charge in [0.15, 0.2) is 0 Å². The van der Waals surface area contributed by atoms with Crippen LogP contribution in [0.4, 0.5) is 10.5 Å². The van der Waals surface area contributed by atoms with Crippen molar-refractivity contribution in [2.24, 2.45) is 5.92 Å². The normalized spacial score (nSPS) is 22.9. The van der Waals surface area contributed by atoms with E-state index in [1.165, 1.54) is 7.11 Å². The van der Waals surface area contributed by atoms with Gasteiger partial charge in [-0.15, -0.1) is 0 Å². The summed E-state index contributed by atoms with van der Waals surface area (Å²) in [7, 11) is 1.42. The number of fused-ring (bicyclic) bond motifs is 3. The Bertz CT molecular complexity index is 1290.